The Morgan fingerprint density at radius 3 is 2.77 bits per heavy atom. The monoisotopic (exact) mass is 185 g/mol. The lowest BCUT2D eigenvalue weighted by atomic mass is 10.1. The van der Waals surface area contributed by atoms with E-state index >= 15 is 0 Å². The Labute approximate surface area is 79.7 Å². The molecule has 1 fully saturated rings. The summed E-state index contributed by atoms with van der Waals surface area (Å²) in [5.74, 6) is 0.315. The molecule has 1 rings (SSSR count). The minimum Gasteiger partial charge on any atom is -0.396 e. The van der Waals surface area contributed by atoms with E-state index in [1.54, 1.807) is 0 Å². The molecule has 0 bridgehead atoms. The van der Waals surface area contributed by atoms with Crippen LogP contribution in [-0.2, 0) is 4.79 Å². The number of nitrogens with zero attached hydrogens (tertiary/aromatic N) is 1. The minimum atomic E-state index is 0.272. The average Bonchev–Trinajstić information content (AvgIpc) is 2.15. The van der Waals surface area contributed by atoms with E-state index in [1.165, 1.54) is 0 Å². The lowest BCUT2D eigenvalue weighted by Gasteiger charge is -2.26. The van der Waals surface area contributed by atoms with Gasteiger partial charge in [-0.05, 0) is 32.1 Å². The third-order valence-corrected chi connectivity index (χ3v) is 2.51. The Bertz CT molecular complexity index is 159. The molecule has 13 heavy (non-hydrogen) atoms. The second kappa shape index (κ2) is 5.97. The van der Waals surface area contributed by atoms with Gasteiger partial charge in [0.15, 0.2) is 0 Å². The van der Waals surface area contributed by atoms with Gasteiger partial charge in [-0.15, -0.1) is 0 Å². The fourth-order valence-corrected chi connectivity index (χ4v) is 1.69. The highest BCUT2D eigenvalue weighted by Gasteiger charge is 2.16. The van der Waals surface area contributed by atoms with Crippen LogP contribution in [0, 0.1) is 0 Å². The number of hydrogen-bond acceptors (Lipinski definition) is 2. The van der Waals surface area contributed by atoms with Crippen molar-refractivity contribution in [1.82, 2.24) is 4.90 Å². The van der Waals surface area contributed by atoms with E-state index in [2.05, 4.69) is 0 Å². The molecule has 0 saturated carbocycles. The van der Waals surface area contributed by atoms with Gasteiger partial charge in [-0.3, -0.25) is 4.79 Å². The SMILES string of the molecule is O=C1CCCCN1CCCCCO. The van der Waals surface area contributed by atoms with E-state index < -0.39 is 0 Å². The summed E-state index contributed by atoms with van der Waals surface area (Å²) >= 11 is 0. The van der Waals surface area contributed by atoms with E-state index in [-0.39, 0.29) is 6.61 Å². The topological polar surface area (TPSA) is 40.5 Å². The molecule has 0 spiro atoms. The maximum atomic E-state index is 11.3. The molecule has 0 radical (unpaired) electrons. The van der Waals surface area contributed by atoms with Crippen LogP contribution in [0.4, 0.5) is 0 Å². The van der Waals surface area contributed by atoms with Crippen LogP contribution in [0.15, 0.2) is 0 Å². The zero-order valence-electron chi connectivity index (χ0n) is 8.17. The van der Waals surface area contributed by atoms with Crippen molar-refractivity contribution >= 4 is 5.91 Å². The van der Waals surface area contributed by atoms with E-state index in [9.17, 15) is 4.79 Å². The molecule has 1 N–H and O–H groups in total. The van der Waals surface area contributed by atoms with Crippen LogP contribution in [0.1, 0.15) is 38.5 Å². The van der Waals surface area contributed by atoms with Gasteiger partial charge in [0.05, 0.1) is 0 Å². The van der Waals surface area contributed by atoms with Gasteiger partial charge in [-0.2, -0.15) is 0 Å². The van der Waals surface area contributed by atoms with Gasteiger partial charge in [0, 0.05) is 26.1 Å². The summed E-state index contributed by atoms with van der Waals surface area (Å²) in [5.41, 5.74) is 0. The van der Waals surface area contributed by atoms with Crippen LogP contribution in [0.25, 0.3) is 0 Å². The van der Waals surface area contributed by atoms with E-state index in [4.69, 9.17) is 5.11 Å². The molecule has 0 aliphatic carbocycles. The van der Waals surface area contributed by atoms with Gasteiger partial charge in [-0.1, -0.05) is 0 Å². The third-order valence-electron chi connectivity index (χ3n) is 2.51. The normalized spacial score (nSPS) is 17.9. The number of aliphatic hydroxyl groups is 1. The zero-order chi connectivity index (χ0) is 9.52. The number of unbranched alkanes of at least 4 members (excludes halogenated alkanes) is 2. The van der Waals surface area contributed by atoms with Crippen LogP contribution in [0.5, 0.6) is 0 Å². The fourth-order valence-electron chi connectivity index (χ4n) is 1.69. The maximum Gasteiger partial charge on any atom is 0.222 e. The third kappa shape index (κ3) is 3.77. The molecule has 0 unspecified atom stereocenters. The number of rotatable bonds is 5. The van der Waals surface area contributed by atoms with Crippen molar-refractivity contribution < 1.29 is 9.90 Å². The second-order valence-electron chi connectivity index (χ2n) is 3.62. The Balaban J connectivity index is 2.08. The summed E-state index contributed by atoms with van der Waals surface area (Å²) in [4.78, 5) is 13.3. The average molecular weight is 185 g/mol. The summed E-state index contributed by atoms with van der Waals surface area (Å²) in [6.07, 6.45) is 5.88. The van der Waals surface area contributed by atoms with Crippen molar-refractivity contribution in [2.45, 2.75) is 38.5 Å². The molecular weight excluding hydrogens is 166 g/mol. The molecule has 0 atom stereocenters. The number of piperidine rings is 1. The van der Waals surface area contributed by atoms with Crippen LogP contribution >= 0.6 is 0 Å². The first-order valence-corrected chi connectivity index (χ1v) is 5.23. The number of aliphatic hydroxyl groups excluding tert-OH is 1. The van der Waals surface area contributed by atoms with Crippen LogP contribution < -0.4 is 0 Å². The predicted octanol–water partition coefficient (Wildman–Crippen LogP) is 1.16. The molecule has 3 heteroatoms. The molecule has 1 amide bonds. The van der Waals surface area contributed by atoms with Gasteiger partial charge in [-0.25, -0.2) is 0 Å². The first-order valence-electron chi connectivity index (χ1n) is 5.23. The van der Waals surface area contributed by atoms with E-state index in [0.29, 0.717) is 5.91 Å². The largest absolute Gasteiger partial charge is 0.396 e. The Hall–Kier alpha value is -0.570. The quantitative estimate of drug-likeness (QED) is 0.653. The van der Waals surface area contributed by atoms with Gasteiger partial charge in [0.2, 0.25) is 5.91 Å². The predicted molar refractivity (Wildman–Crippen MR) is 51.4 cm³/mol. The lowest BCUT2D eigenvalue weighted by Crippen LogP contribution is -2.35. The Morgan fingerprint density at radius 1 is 1.23 bits per heavy atom. The Morgan fingerprint density at radius 2 is 2.08 bits per heavy atom. The molecule has 0 aromatic rings. The number of likely N-dealkylation sites (tertiary alicyclic amines) is 1. The molecule has 0 aromatic heterocycles. The molecule has 1 saturated heterocycles. The zero-order valence-corrected chi connectivity index (χ0v) is 8.17. The molecule has 1 aliphatic heterocycles. The van der Waals surface area contributed by atoms with Crippen LogP contribution in [-0.4, -0.2) is 35.6 Å². The fraction of sp³-hybridized carbons (Fsp3) is 0.900. The highest BCUT2D eigenvalue weighted by Crippen LogP contribution is 2.11. The van der Waals surface area contributed by atoms with Gasteiger partial charge >= 0.3 is 0 Å². The van der Waals surface area contributed by atoms with Gasteiger partial charge in [0.1, 0.15) is 0 Å². The standard InChI is InChI=1S/C10H19NO2/c12-9-5-1-3-7-11-8-4-2-6-10(11)13/h12H,1-9H2. The van der Waals surface area contributed by atoms with Crippen molar-refractivity contribution in [2.75, 3.05) is 19.7 Å². The second-order valence-corrected chi connectivity index (χ2v) is 3.62. The van der Waals surface area contributed by atoms with Crippen molar-refractivity contribution in [2.24, 2.45) is 0 Å². The van der Waals surface area contributed by atoms with Crippen molar-refractivity contribution in [3.05, 3.63) is 0 Å². The highest BCUT2D eigenvalue weighted by atomic mass is 16.2. The summed E-state index contributed by atoms with van der Waals surface area (Å²) in [5, 5.41) is 8.57. The minimum absolute atomic E-state index is 0.272. The van der Waals surface area contributed by atoms with E-state index in [1.807, 2.05) is 4.90 Å². The van der Waals surface area contributed by atoms with Crippen LogP contribution in [0.2, 0.25) is 0 Å². The number of amides is 1. The Kier molecular flexibility index (Phi) is 4.83. The molecule has 3 nitrogen and oxygen atoms in total. The smallest absolute Gasteiger partial charge is 0.222 e. The summed E-state index contributed by atoms with van der Waals surface area (Å²) in [7, 11) is 0. The maximum absolute atomic E-state index is 11.3. The van der Waals surface area contributed by atoms with Gasteiger partial charge < -0.3 is 10.0 Å². The van der Waals surface area contributed by atoms with Crippen molar-refractivity contribution in [3.63, 3.8) is 0 Å². The molecule has 0 aromatic carbocycles. The summed E-state index contributed by atoms with van der Waals surface area (Å²) < 4.78 is 0. The first kappa shape index (κ1) is 10.5. The molecular formula is C10H19NO2. The number of carbonyl (C=O) groups excluding carboxylic acids is 1. The molecule has 1 aliphatic rings. The van der Waals surface area contributed by atoms with Gasteiger partial charge in [0.25, 0.3) is 0 Å². The van der Waals surface area contributed by atoms with E-state index in [0.717, 1.165) is 51.6 Å². The van der Waals surface area contributed by atoms with Crippen molar-refractivity contribution in [3.8, 4) is 0 Å². The van der Waals surface area contributed by atoms with Crippen LogP contribution in [0.3, 0.4) is 0 Å². The number of hydrogen-bond donors (Lipinski definition) is 1. The molecule has 76 valence electrons. The van der Waals surface area contributed by atoms with Crippen molar-refractivity contribution in [1.29, 1.82) is 0 Å². The summed E-state index contributed by atoms with van der Waals surface area (Å²) in [6, 6.07) is 0. The molecule has 1 heterocycles. The summed E-state index contributed by atoms with van der Waals surface area (Å²) in [6.45, 7) is 2.10. The lowest BCUT2D eigenvalue weighted by molar-refractivity contribution is -0.133. The first-order chi connectivity index (χ1) is 6.34. The number of carbonyl (C=O) groups is 1. The highest BCUT2D eigenvalue weighted by molar-refractivity contribution is 5.76.